The lowest BCUT2D eigenvalue weighted by atomic mass is 10.2. The van der Waals surface area contributed by atoms with E-state index in [1.807, 2.05) is 11.8 Å². The molecule has 0 rings (SSSR count). The van der Waals surface area contributed by atoms with Crippen molar-refractivity contribution in [3.63, 3.8) is 0 Å². The Labute approximate surface area is 50.7 Å². The summed E-state index contributed by atoms with van der Waals surface area (Å²) < 4.78 is 0. The molecular formula is C6H14S. The van der Waals surface area contributed by atoms with E-state index in [9.17, 15) is 0 Å². The maximum atomic E-state index is 2.26. The Hall–Kier alpha value is 0.350. The Balaban J connectivity index is 3.14. The molecule has 0 aliphatic carbocycles. The highest BCUT2D eigenvalue weighted by Gasteiger charge is 2.01. The van der Waals surface area contributed by atoms with Gasteiger partial charge < -0.3 is 0 Å². The average molecular weight is 118 g/mol. The highest BCUT2D eigenvalue weighted by molar-refractivity contribution is 7.99. The summed E-state index contributed by atoms with van der Waals surface area (Å²) in [5.41, 5.74) is 0. The van der Waals surface area contributed by atoms with Gasteiger partial charge in [0.1, 0.15) is 0 Å². The molecule has 0 N–H and O–H groups in total. The molecule has 7 heavy (non-hydrogen) atoms. The van der Waals surface area contributed by atoms with E-state index in [1.54, 1.807) is 0 Å². The van der Waals surface area contributed by atoms with Crippen molar-refractivity contribution in [2.24, 2.45) is 5.92 Å². The molecular weight excluding hydrogens is 104 g/mol. The SMILES string of the molecule is CSC(C)C(C)C. The van der Waals surface area contributed by atoms with Crippen molar-refractivity contribution in [1.82, 2.24) is 0 Å². The van der Waals surface area contributed by atoms with E-state index in [2.05, 4.69) is 27.0 Å². The molecule has 0 bridgehead atoms. The van der Waals surface area contributed by atoms with Crippen molar-refractivity contribution in [3.05, 3.63) is 0 Å². The van der Waals surface area contributed by atoms with Gasteiger partial charge in [0.2, 0.25) is 0 Å². The third kappa shape index (κ3) is 2.98. The zero-order chi connectivity index (χ0) is 5.86. The number of hydrogen-bond donors (Lipinski definition) is 0. The summed E-state index contributed by atoms with van der Waals surface area (Å²) in [6.07, 6.45) is 2.16. The van der Waals surface area contributed by atoms with E-state index >= 15 is 0 Å². The second kappa shape index (κ2) is 3.36. The lowest BCUT2D eigenvalue weighted by Gasteiger charge is -2.10. The highest BCUT2D eigenvalue weighted by Crippen LogP contribution is 2.14. The quantitative estimate of drug-likeness (QED) is 0.536. The molecule has 44 valence electrons. The molecule has 0 fully saturated rings. The third-order valence-electron chi connectivity index (χ3n) is 1.31. The second-order valence-electron chi connectivity index (χ2n) is 2.18. The predicted molar refractivity (Wildman–Crippen MR) is 37.8 cm³/mol. The first-order valence-electron chi connectivity index (χ1n) is 2.71. The van der Waals surface area contributed by atoms with Crippen LogP contribution in [-0.4, -0.2) is 11.5 Å². The van der Waals surface area contributed by atoms with Gasteiger partial charge in [-0.1, -0.05) is 20.8 Å². The Morgan fingerprint density at radius 1 is 1.14 bits per heavy atom. The van der Waals surface area contributed by atoms with Crippen molar-refractivity contribution in [2.75, 3.05) is 6.26 Å². The number of hydrogen-bond acceptors (Lipinski definition) is 1. The molecule has 0 aliphatic heterocycles. The predicted octanol–water partition coefficient (Wildman–Crippen LogP) is 2.39. The summed E-state index contributed by atoms with van der Waals surface area (Å²) in [7, 11) is 0. The van der Waals surface area contributed by atoms with Gasteiger partial charge in [-0.2, -0.15) is 11.8 Å². The van der Waals surface area contributed by atoms with Gasteiger partial charge in [0.15, 0.2) is 0 Å². The van der Waals surface area contributed by atoms with Crippen molar-refractivity contribution >= 4 is 11.8 Å². The fraction of sp³-hybridized carbons (Fsp3) is 1.00. The Morgan fingerprint density at radius 3 is 1.57 bits per heavy atom. The summed E-state index contributed by atoms with van der Waals surface area (Å²) in [6.45, 7) is 6.76. The van der Waals surface area contributed by atoms with Gasteiger partial charge in [0, 0.05) is 5.25 Å². The molecule has 0 radical (unpaired) electrons. The summed E-state index contributed by atoms with van der Waals surface area (Å²) >= 11 is 1.93. The number of rotatable bonds is 2. The molecule has 0 saturated heterocycles. The van der Waals surface area contributed by atoms with Crippen LogP contribution in [0, 0.1) is 5.92 Å². The smallest absolute Gasteiger partial charge is 0.00389 e. The first-order chi connectivity index (χ1) is 3.18. The largest absolute Gasteiger partial charge is 0.162 e. The van der Waals surface area contributed by atoms with Crippen LogP contribution in [0.1, 0.15) is 20.8 Å². The van der Waals surface area contributed by atoms with Gasteiger partial charge in [-0.15, -0.1) is 0 Å². The van der Waals surface area contributed by atoms with E-state index in [0.29, 0.717) is 0 Å². The monoisotopic (exact) mass is 118 g/mol. The molecule has 1 unspecified atom stereocenters. The normalized spacial score (nSPS) is 15.0. The standard InChI is InChI=1S/C6H14S/c1-5(2)6(3)7-4/h5-6H,1-4H3. The minimum atomic E-state index is 0.819. The molecule has 0 aromatic heterocycles. The Morgan fingerprint density at radius 2 is 1.57 bits per heavy atom. The van der Waals surface area contributed by atoms with Gasteiger partial charge in [0.25, 0.3) is 0 Å². The van der Waals surface area contributed by atoms with Crippen LogP contribution in [0.5, 0.6) is 0 Å². The minimum Gasteiger partial charge on any atom is -0.162 e. The van der Waals surface area contributed by atoms with Crippen LogP contribution in [0.25, 0.3) is 0 Å². The van der Waals surface area contributed by atoms with Crippen LogP contribution >= 0.6 is 11.8 Å². The molecule has 1 heteroatoms. The lowest BCUT2D eigenvalue weighted by molar-refractivity contribution is 0.643. The maximum absolute atomic E-state index is 2.26. The van der Waals surface area contributed by atoms with E-state index in [-0.39, 0.29) is 0 Å². The van der Waals surface area contributed by atoms with Crippen molar-refractivity contribution in [3.8, 4) is 0 Å². The topological polar surface area (TPSA) is 0 Å². The Bertz CT molecular complexity index is 41.4. The van der Waals surface area contributed by atoms with Crippen LogP contribution < -0.4 is 0 Å². The van der Waals surface area contributed by atoms with Gasteiger partial charge in [-0.3, -0.25) is 0 Å². The highest BCUT2D eigenvalue weighted by atomic mass is 32.2. The second-order valence-corrected chi connectivity index (χ2v) is 3.40. The van der Waals surface area contributed by atoms with E-state index in [1.165, 1.54) is 0 Å². The van der Waals surface area contributed by atoms with Gasteiger partial charge in [-0.25, -0.2) is 0 Å². The van der Waals surface area contributed by atoms with Crippen LogP contribution in [0.15, 0.2) is 0 Å². The first kappa shape index (κ1) is 7.35. The summed E-state index contributed by atoms with van der Waals surface area (Å²) in [5.74, 6) is 0.829. The van der Waals surface area contributed by atoms with Crippen LogP contribution in [0.2, 0.25) is 0 Å². The third-order valence-corrected chi connectivity index (χ3v) is 2.60. The van der Waals surface area contributed by atoms with Crippen LogP contribution in [0.3, 0.4) is 0 Å². The van der Waals surface area contributed by atoms with Gasteiger partial charge >= 0.3 is 0 Å². The first-order valence-corrected chi connectivity index (χ1v) is 4.00. The fourth-order valence-electron chi connectivity index (χ4n) is 0.272. The Kier molecular flexibility index (Phi) is 3.53. The summed E-state index contributed by atoms with van der Waals surface area (Å²) in [6, 6.07) is 0. The van der Waals surface area contributed by atoms with E-state index in [0.717, 1.165) is 11.2 Å². The fourth-order valence-corrected chi connectivity index (χ4v) is 0.816. The lowest BCUT2D eigenvalue weighted by Crippen LogP contribution is -2.03. The molecule has 0 amide bonds. The van der Waals surface area contributed by atoms with Crippen molar-refractivity contribution < 1.29 is 0 Å². The van der Waals surface area contributed by atoms with Crippen molar-refractivity contribution in [2.45, 2.75) is 26.0 Å². The molecule has 0 saturated carbocycles. The molecule has 0 nitrogen and oxygen atoms in total. The van der Waals surface area contributed by atoms with E-state index < -0.39 is 0 Å². The molecule has 1 atom stereocenters. The summed E-state index contributed by atoms with van der Waals surface area (Å²) in [4.78, 5) is 0. The van der Waals surface area contributed by atoms with Crippen LogP contribution in [-0.2, 0) is 0 Å². The number of thioether (sulfide) groups is 1. The molecule has 0 aliphatic rings. The summed E-state index contributed by atoms with van der Waals surface area (Å²) in [5, 5.41) is 0.819. The molecule has 0 aromatic carbocycles. The van der Waals surface area contributed by atoms with E-state index in [4.69, 9.17) is 0 Å². The average Bonchev–Trinajstić information content (AvgIpc) is 1.65. The van der Waals surface area contributed by atoms with Gasteiger partial charge in [-0.05, 0) is 12.2 Å². The minimum absolute atomic E-state index is 0.819. The molecule has 0 aromatic rings. The van der Waals surface area contributed by atoms with Gasteiger partial charge in [0.05, 0.1) is 0 Å². The maximum Gasteiger partial charge on any atom is 0.00389 e. The van der Waals surface area contributed by atoms with Crippen LogP contribution in [0.4, 0.5) is 0 Å². The molecule has 0 heterocycles. The molecule has 0 spiro atoms. The van der Waals surface area contributed by atoms with Crippen molar-refractivity contribution in [1.29, 1.82) is 0 Å². The zero-order valence-corrected chi connectivity index (χ0v) is 6.38. The zero-order valence-electron chi connectivity index (χ0n) is 5.56.